The Kier molecular flexibility index (Phi) is 5.65. The summed E-state index contributed by atoms with van der Waals surface area (Å²) in [5, 5.41) is 2.36. The molecule has 1 unspecified atom stereocenters. The summed E-state index contributed by atoms with van der Waals surface area (Å²) in [6, 6.07) is 4.72. The van der Waals surface area contributed by atoms with Crippen molar-refractivity contribution in [2.45, 2.75) is 82.2 Å². The third kappa shape index (κ3) is 4.00. The molecule has 5 rings (SSSR count). The molecular weight excluding hydrogens is 411 g/mol. The van der Waals surface area contributed by atoms with Crippen molar-refractivity contribution in [3.05, 3.63) is 29.3 Å². The quantitative estimate of drug-likeness (QED) is 0.659. The standard InChI is InChI=1S/C24H31FN4O3/c25-18-12-15(6-7-19(18)26)28(11-10-14-4-5-14)20-3-1-2-16-17(20)13-29(24(16)32)21-8-9-22(30)27-23(21)31/h1-3,14-15,18-19,21H,4-13,26H2,(H,27,30,31)/t15-,18-,19-,21?/m1/s1. The Hall–Kier alpha value is -2.48. The molecule has 1 aromatic carbocycles. The van der Waals surface area contributed by atoms with Gasteiger partial charge in [0.15, 0.2) is 0 Å². The number of alkyl halides is 1. The molecule has 2 saturated carbocycles. The molecule has 3 fully saturated rings. The van der Waals surface area contributed by atoms with Crippen LogP contribution in [0.4, 0.5) is 10.1 Å². The number of hydrogen-bond acceptors (Lipinski definition) is 5. The summed E-state index contributed by atoms with van der Waals surface area (Å²) in [7, 11) is 0. The van der Waals surface area contributed by atoms with Gasteiger partial charge in [-0.3, -0.25) is 19.7 Å². The second-order valence-corrected chi connectivity index (χ2v) is 9.78. The van der Waals surface area contributed by atoms with Gasteiger partial charge >= 0.3 is 0 Å². The predicted molar refractivity (Wildman–Crippen MR) is 118 cm³/mol. The number of anilines is 1. The van der Waals surface area contributed by atoms with Crippen molar-refractivity contribution < 1.29 is 18.8 Å². The molecule has 0 radical (unpaired) electrons. The Bertz CT molecular complexity index is 934. The number of rotatable bonds is 6. The molecule has 2 heterocycles. The summed E-state index contributed by atoms with van der Waals surface area (Å²) in [5.74, 6) is -0.134. The largest absolute Gasteiger partial charge is 0.368 e. The Labute approximate surface area is 187 Å². The normalized spacial score (nSPS) is 30.3. The number of fused-ring (bicyclic) bond motifs is 1. The molecule has 2 aliphatic heterocycles. The Morgan fingerprint density at radius 1 is 1.12 bits per heavy atom. The molecule has 4 aliphatic rings. The highest BCUT2D eigenvalue weighted by Crippen LogP contribution is 2.39. The first-order valence-electron chi connectivity index (χ1n) is 11.8. The van der Waals surface area contributed by atoms with Gasteiger partial charge in [-0.15, -0.1) is 0 Å². The van der Waals surface area contributed by atoms with Crippen LogP contribution in [0.1, 0.15) is 67.3 Å². The topological polar surface area (TPSA) is 95.7 Å². The van der Waals surface area contributed by atoms with Crippen LogP contribution in [0.15, 0.2) is 18.2 Å². The molecule has 0 bridgehead atoms. The molecule has 0 spiro atoms. The van der Waals surface area contributed by atoms with Crippen LogP contribution in [-0.2, 0) is 16.1 Å². The van der Waals surface area contributed by atoms with Crippen molar-refractivity contribution in [2.24, 2.45) is 11.7 Å². The van der Waals surface area contributed by atoms with Crippen molar-refractivity contribution in [3.8, 4) is 0 Å². The number of carbonyl (C=O) groups excluding carboxylic acids is 3. The molecule has 2 aliphatic carbocycles. The van der Waals surface area contributed by atoms with Crippen LogP contribution in [0.25, 0.3) is 0 Å². The summed E-state index contributed by atoms with van der Waals surface area (Å²) in [6.45, 7) is 1.17. The number of nitrogens with two attached hydrogens (primary N) is 1. The number of hydrogen-bond donors (Lipinski definition) is 2. The molecule has 3 amide bonds. The summed E-state index contributed by atoms with van der Waals surface area (Å²) >= 11 is 0. The average molecular weight is 443 g/mol. The first-order chi connectivity index (χ1) is 15.4. The van der Waals surface area contributed by atoms with Crippen molar-refractivity contribution in [1.29, 1.82) is 0 Å². The Morgan fingerprint density at radius 2 is 1.94 bits per heavy atom. The number of halogens is 1. The molecule has 32 heavy (non-hydrogen) atoms. The van der Waals surface area contributed by atoms with Crippen LogP contribution in [0.2, 0.25) is 0 Å². The van der Waals surface area contributed by atoms with Gasteiger partial charge in [0.2, 0.25) is 11.8 Å². The van der Waals surface area contributed by atoms with Crippen LogP contribution in [0.3, 0.4) is 0 Å². The van der Waals surface area contributed by atoms with Crippen molar-refractivity contribution >= 4 is 23.4 Å². The van der Waals surface area contributed by atoms with Crippen LogP contribution in [-0.4, -0.2) is 53.5 Å². The smallest absolute Gasteiger partial charge is 0.255 e. The maximum Gasteiger partial charge on any atom is 0.255 e. The van der Waals surface area contributed by atoms with Crippen molar-refractivity contribution in [2.75, 3.05) is 11.4 Å². The number of amides is 3. The van der Waals surface area contributed by atoms with Gasteiger partial charge in [-0.05, 0) is 43.7 Å². The fourth-order valence-electron chi connectivity index (χ4n) is 5.47. The lowest BCUT2D eigenvalue weighted by Gasteiger charge is -2.40. The molecular formula is C24H31FN4O3. The monoisotopic (exact) mass is 442 g/mol. The molecule has 7 nitrogen and oxygen atoms in total. The molecule has 1 aromatic rings. The van der Waals surface area contributed by atoms with Crippen LogP contribution in [0.5, 0.6) is 0 Å². The minimum absolute atomic E-state index is 0.0507. The maximum absolute atomic E-state index is 14.5. The van der Waals surface area contributed by atoms with Crippen molar-refractivity contribution in [3.63, 3.8) is 0 Å². The van der Waals surface area contributed by atoms with E-state index in [1.807, 2.05) is 12.1 Å². The first kappa shape index (κ1) is 21.4. The van der Waals surface area contributed by atoms with Gasteiger partial charge in [-0.1, -0.05) is 18.9 Å². The van der Waals surface area contributed by atoms with Gasteiger partial charge in [-0.25, -0.2) is 4.39 Å². The number of imide groups is 1. The van der Waals surface area contributed by atoms with E-state index in [1.165, 1.54) is 12.8 Å². The van der Waals surface area contributed by atoms with E-state index in [4.69, 9.17) is 5.73 Å². The summed E-state index contributed by atoms with van der Waals surface area (Å²) in [4.78, 5) is 41.1. The molecule has 1 saturated heterocycles. The fourth-order valence-corrected chi connectivity index (χ4v) is 5.47. The van der Waals surface area contributed by atoms with E-state index in [0.29, 0.717) is 31.4 Å². The number of piperidine rings is 1. The summed E-state index contributed by atoms with van der Waals surface area (Å²) in [6.07, 6.45) is 5.02. The highest BCUT2D eigenvalue weighted by Gasteiger charge is 2.41. The zero-order valence-corrected chi connectivity index (χ0v) is 18.3. The zero-order valence-electron chi connectivity index (χ0n) is 18.3. The molecule has 8 heteroatoms. The van der Waals surface area contributed by atoms with Gasteiger partial charge < -0.3 is 15.5 Å². The number of nitrogens with zero attached hydrogens (tertiary/aromatic N) is 2. The Balaban J connectivity index is 1.43. The van der Waals surface area contributed by atoms with Crippen molar-refractivity contribution in [1.82, 2.24) is 10.2 Å². The van der Waals surface area contributed by atoms with E-state index in [-0.39, 0.29) is 24.3 Å². The maximum atomic E-state index is 14.5. The van der Waals surface area contributed by atoms with E-state index in [9.17, 15) is 18.8 Å². The molecule has 0 aromatic heterocycles. The van der Waals surface area contributed by atoms with Crippen LogP contribution in [0, 0.1) is 5.92 Å². The predicted octanol–water partition coefficient (Wildman–Crippen LogP) is 2.27. The fraction of sp³-hybridized carbons (Fsp3) is 0.625. The van der Waals surface area contributed by atoms with E-state index < -0.39 is 24.2 Å². The second-order valence-electron chi connectivity index (χ2n) is 9.78. The van der Waals surface area contributed by atoms with E-state index in [1.54, 1.807) is 11.0 Å². The van der Waals surface area contributed by atoms with Gasteiger partial charge in [-0.2, -0.15) is 0 Å². The third-order valence-corrected chi connectivity index (χ3v) is 7.58. The zero-order chi connectivity index (χ0) is 22.4. The second kappa shape index (κ2) is 8.46. The van der Waals surface area contributed by atoms with E-state index in [2.05, 4.69) is 10.2 Å². The molecule has 172 valence electrons. The lowest BCUT2D eigenvalue weighted by Crippen LogP contribution is -2.52. The van der Waals surface area contributed by atoms with Crippen LogP contribution < -0.4 is 16.0 Å². The third-order valence-electron chi connectivity index (χ3n) is 7.58. The number of benzene rings is 1. The van der Waals surface area contributed by atoms with E-state index in [0.717, 1.165) is 36.6 Å². The summed E-state index contributed by atoms with van der Waals surface area (Å²) in [5.41, 5.74) is 8.42. The highest BCUT2D eigenvalue weighted by atomic mass is 19.1. The van der Waals surface area contributed by atoms with Crippen LogP contribution >= 0.6 is 0 Å². The van der Waals surface area contributed by atoms with Gasteiger partial charge in [0.05, 0.1) is 0 Å². The number of carbonyl (C=O) groups is 3. The first-order valence-corrected chi connectivity index (χ1v) is 11.8. The molecule has 3 N–H and O–H groups in total. The SMILES string of the molecule is N[C@@H]1CC[C@@H](N(CCC2CC2)c2cccc3c2CN(C2CCC(=O)NC2=O)C3=O)C[C@H]1F. The average Bonchev–Trinajstić information content (AvgIpc) is 3.54. The minimum atomic E-state index is -1.02. The van der Waals surface area contributed by atoms with Gasteiger partial charge in [0.25, 0.3) is 5.91 Å². The van der Waals surface area contributed by atoms with Gasteiger partial charge in [0, 0.05) is 54.8 Å². The lowest BCUT2D eigenvalue weighted by atomic mass is 9.88. The highest BCUT2D eigenvalue weighted by molar-refractivity contribution is 6.06. The molecule has 4 atom stereocenters. The lowest BCUT2D eigenvalue weighted by molar-refractivity contribution is -0.136. The Morgan fingerprint density at radius 3 is 2.66 bits per heavy atom. The number of nitrogens with one attached hydrogen (secondary N) is 1. The van der Waals surface area contributed by atoms with Gasteiger partial charge in [0.1, 0.15) is 12.2 Å². The minimum Gasteiger partial charge on any atom is -0.368 e. The summed E-state index contributed by atoms with van der Waals surface area (Å²) < 4.78 is 14.5. The van der Waals surface area contributed by atoms with E-state index >= 15 is 0 Å².